The van der Waals surface area contributed by atoms with E-state index < -0.39 is 0 Å². The molecule has 0 fully saturated rings. The molecule has 0 bridgehead atoms. The van der Waals surface area contributed by atoms with Gasteiger partial charge in [0.15, 0.2) is 0 Å². The maximum Gasteiger partial charge on any atom is 0.244 e. The maximum atomic E-state index is 11.8. The molecule has 1 amide bonds. The van der Waals surface area contributed by atoms with Gasteiger partial charge in [-0.25, -0.2) is 5.43 Å². The van der Waals surface area contributed by atoms with E-state index in [4.69, 9.17) is 11.6 Å². The average molecular weight is 313 g/mol. The Hall–Kier alpha value is -2.39. The van der Waals surface area contributed by atoms with E-state index in [9.17, 15) is 4.79 Å². The second-order valence-corrected chi connectivity index (χ2v) is 5.27. The second kappa shape index (κ2) is 8.15. The van der Waals surface area contributed by atoms with Crippen LogP contribution < -0.4 is 5.43 Å². The molecule has 4 heteroatoms. The zero-order chi connectivity index (χ0) is 15.8. The highest BCUT2D eigenvalue weighted by atomic mass is 35.5. The average Bonchev–Trinajstić information content (AvgIpc) is 2.54. The third-order valence-corrected chi connectivity index (χ3v) is 3.20. The van der Waals surface area contributed by atoms with Crippen molar-refractivity contribution in [1.82, 2.24) is 5.43 Å². The van der Waals surface area contributed by atoms with Crippen molar-refractivity contribution < 1.29 is 4.79 Å². The lowest BCUT2D eigenvalue weighted by molar-refractivity contribution is -0.120. The van der Waals surface area contributed by atoms with Crippen LogP contribution in [-0.2, 0) is 11.2 Å². The predicted molar refractivity (Wildman–Crippen MR) is 91.9 cm³/mol. The minimum Gasteiger partial charge on any atom is -0.273 e. The number of nitrogens with one attached hydrogen (secondary N) is 1. The van der Waals surface area contributed by atoms with Crippen LogP contribution in [0.25, 0.3) is 6.08 Å². The van der Waals surface area contributed by atoms with Gasteiger partial charge in [0.1, 0.15) is 0 Å². The maximum absolute atomic E-state index is 11.8. The number of amides is 1. The first-order valence-electron chi connectivity index (χ1n) is 6.94. The summed E-state index contributed by atoms with van der Waals surface area (Å²) in [4.78, 5) is 11.8. The molecular weight excluding hydrogens is 296 g/mol. The van der Waals surface area contributed by atoms with Gasteiger partial charge in [-0.3, -0.25) is 4.79 Å². The summed E-state index contributed by atoms with van der Waals surface area (Å²) < 4.78 is 0. The third kappa shape index (κ3) is 5.54. The number of benzene rings is 2. The van der Waals surface area contributed by atoms with Crippen molar-refractivity contribution in [1.29, 1.82) is 0 Å². The second-order valence-electron chi connectivity index (χ2n) is 4.84. The van der Waals surface area contributed by atoms with Crippen LogP contribution in [-0.4, -0.2) is 11.6 Å². The molecule has 3 nitrogen and oxygen atoms in total. The van der Waals surface area contributed by atoms with Crippen molar-refractivity contribution in [2.24, 2.45) is 5.10 Å². The fraction of sp³-hybridized carbons (Fsp3) is 0.111. The zero-order valence-electron chi connectivity index (χ0n) is 12.3. The van der Waals surface area contributed by atoms with Gasteiger partial charge >= 0.3 is 0 Å². The molecule has 0 aliphatic carbocycles. The van der Waals surface area contributed by atoms with Crippen LogP contribution in [0, 0.1) is 0 Å². The van der Waals surface area contributed by atoms with Crippen molar-refractivity contribution in [3.63, 3.8) is 0 Å². The van der Waals surface area contributed by atoms with Gasteiger partial charge in [-0.2, -0.15) is 5.10 Å². The van der Waals surface area contributed by atoms with Crippen molar-refractivity contribution in [3.05, 3.63) is 76.8 Å². The van der Waals surface area contributed by atoms with Crippen molar-refractivity contribution in [2.75, 3.05) is 0 Å². The molecule has 1 N–H and O–H groups in total. The van der Waals surface area contributed by atoms with Gasteiger partial charge in [0.05, 0.1) is 12.1 Å². The minimum absolute atomic E-state index is 0.158. The highest BCUT2D eigenvalue weighted by Crippen LogP contribution is 2.09. The number of hydrogen-bond acceptors (Lipinski definition) is 2. The van der Waals surface area contributed by atoms with Crippen LogP contribution in [0.3, 0.4) is 0 Å². The van der Waals surface area contributed by atoms with E-state index in [2.05, 4.69) is 10.5 Å². The fourth-order valence-corrected chi connectivity index (χ4v) is 1.92. The summed E-state index contributed by atoms with van der Waals surface area (Å²) in [6, 6.07) is 17.1. The third-order valence-electron chi connectivity index (χ3n) is 2.95. The highest BCUT2D eigenvalue weighted by Gasteiger charge is 2.02. The van der Waals surface area contributed by atoms with Gasteiger partial charge in [-0.15, -0.1) is 0 Å². The van der Waals surface area contributed by atoms with Gasteiger partial charge in [0, 0.05) is 5.02 Å². The van der Waals surface area contributed by atoms with E-state index >= 15 is 0 Å². The number of carbonyl (C=O) groups excluding carboxylic acids is 1. The lowest BCUT2D eigenvalue weighted by Gasteiger charge is -2.01. The SMILES string of the molecule is CC(/C=C/c1ccccc1)=N/NC(=O)Cc1ccc(Cl)cc1. The van der Waals surface area contributed by atoms with Crippen molar-refractivity contribution >= 4 is 29.3 Å². The molecular formula is C18H17ClN2O. The highest BCUT2D eigenvalue weighted by molar-refractivity contribution is 6.30. The van der Waals surface area contributed by atoms with E-state index in [1.54, 1.807) is 12.1 Å². The Morgan fingerprint density at radius 2 is 1.82 bits per heavy atom. The number of nitrogens with zero attached hydrogens (tertiary/aromatic N) is 1. The molecule has 0 saturated heterocycles. The van der Waals surface area contributed by atoms with Gasteiger partial charge in [-0.1, -0.05) is 60.1 Å². The molecule has 2 aromatic carbocycles. The van der Waals surface area contributed by atoms with Crippen LogP contribution in [0.2, 0.25) is 5.02 Å². The first kappa shape index (κ1) is 16.0. The molecule has 0 aliphatic rings. The van der Waals surface area contributed by atoms with E-state index in [1.807, 2.05) is 61.5 Å². The first-order valence-corrected chi connectivity index (χ1v) is 7.32. The lowest BCUT2D eigenvalue weighted by Crippen LogP contribution is -2.20. The largest absolute Gasteiger partial charge is 0.273 e. The zero-order valence-corrected chi connectivity index (χ0v) is 13.0. The Morgan fingerprint density at radius 1 is 1.14 bits per heavy atom. The summed E-state index contributed by atoms with van der Waals surface area (Å²) in [5.74, 6) is -0.158. The minimum atomic E-state index is -0.158. The summed E-state index contributed by atoms with van der Waals surface area (Å²) in [6.45, 7) is 1.84. The molecule has 0 unspecified atom stereocenters. The van der Waals surface area contributed by atoms with Crippen LogP contribution in [0.5, 0.6) is 0 Å². The molecule has 112 valence electrons. The van der Waals surface area contributed by atoms with E-state index in [-0.39, 0.29) is 12.3 Å². The predicted octanol–water partition coefficient (Wildman–Crippen LogP) is 4.09. The topological polar surface area (TPSA) is 41.5 Å². The monoisotopic (exact) mass is 312 g/mol. The number of carbonyl (C=O) groups is 1. The lowest BCUT2D eigenvalue weighted by atomic mass is 10.1. The Bertz CT molecular complexity index is 676. The molecule has 2 aromatic rings. The molecule has 0 heterocycles. The fourth-order valence-electron chi connectivity index (χ4n) is 1.80. The Labute approximate surface area is 135 Å². The summed E-state index contributed by atoms with van der Waals surface area (Å²) in [6.07, 6.45) is 4.08. The van der Waals surface area contributed by atoms with Crippen LogP contribution in [0.4, 0.5) is 0 Å². The van der Waals surface area contributed by atoms with Crippen LogP contribution in [0.1, 0.15) is 18.1 Å². The first-order chi connectivity index (χ1) is 10.6. The van der Waals surface area contributed by atoms with Crippen molar-refractivity contribution in [3.8, 4) is 0 Å². The van der Waals surface area contributed by atoms with Crippen LogP contribution >= 0.6 is 11.6 Å². The van der Waals surface area contributed by atoms with Gasteiger partial charge in [-0.05, 0) is 36.3 Å². The molecule has 0 aliphatic heterocycles. The van der Waals surface area contributed by atoms with Crippen LogP contribution in [0.15, 0.2) is 65.8 Å². The van der Waals surface area contributed by atoms with Gasteiger partial charge in [0.2, 0.25) is 5.91 Å². The van der Waals surface area contributed by atoms with E-state index in [0.29, 0.717) is 5.02 Å². The van der Waals surface area contributed by atoms with E-state index in [0.717, 1.165) is 16.8 Å². The van der Waals surface area contributed by atoms with E-state index in [1.165, 1.54) is 0 Å². The number of rotatable bonds is 5. The van der Waals surface area contributed by atoms with Gasteiger partial charge in [0.25, 0.3) is 0 Å². The normalized spacial score (nSPS) is 11.6. The number of halogens is 1. The number of hydrogen-bond donors (Lipinski definition) is 1. The molecule has 0 saturated carbocycles. The summed E-state index contributed by atoms with van der Waals surface area (Å²) in [5.41, 5.74) is 5.26. The smallest absolute Gasteiger partial charge is 0.244 e. The Kier molecular flexibility index (Phi) is 5.92. The van der Waals surface area contributed by atoms with Crippen molar-refractivity contribution in [2.45, 2.75) is 13.3 Å². The molecule has 0 atom stereocenters. The molecule has 0 spiro atoms. The summed E-state index contributed by atoms with van der Waals surface area (Å²) in [7, 11) is 0. The molecule has 22 heavy (non-hydrogen) atoms. The standard InChI is InChI=1S/C18H17ClN2O/c1-14(7-8-15-5-3-2-4-6-15)20-21-18(22)13-16-9-11-17(19)12-10-16/h2-12H,13H2,1H3,(H,21,22)/b8-7+,20-14-. The summed E-state index contributed by atoms with van der Waals surface area (Å²) in [5, 5.41) is 4.71. The summed E-state index contributed by atoms with van der Waals surface area (Å²) >= 11 is 5.81. The Morgan fingerprint density at radius 3 is 2.50 bits per heavy atom. The quantitative estimate of drug-likeness (QED) is 0.655. The molecule has 2 rings (SSSR count). The number of hydrazone groups is 1. The Balaban J connectivity index is 1.86. The number of allylic oxidation sites excluding steroid dienone is 1. The molecule has 0 aromatic heterocycles. The molecule has 0 radical (unpaired) electrons. The van der Waals surface area contributed by atoms with Gasteiger partial charge < -0.3 is 0 Å².